The van der Waals surface area contributed by atoms with Gasteiger partial charge in [-0.25, -0.2) is 0 Å². The number of aromatic amines is 1. The zero-order valence-corrected chi connectivity index (χ0v) is 14.3. The Bertz CT molecular complexity index is 1230. The van der Waals surface area contributed by atoms with Crippen molar-refractivity contribution >= 4 is 45.2 Å². The first-order valence-corrected chi connectivity index (χ1v) is 8.21. The third-order valence-corrected chi connectivity index (χ3v) is 4.38. The summed E-state index contributed by atoms with van der Waals surface area (Å²) in [5.41, 5.74) is 7.46. The van der Waals surface area contributed by atoms with Crippen LogP contribution in [0.2, 0.25) is 0 Å². The number of carbonyl (C=O) groups is 3. The number of H-pyrrole nitrogens is 1. The number of carbonyl (C=O) groups excluding carboxylic acids is 3. The number of rotatable bonds is 4. The molecule has 0 radical (unpaired) electrons. The molecule has 2 aromatic carbocycles. The highest BCUT2D eigenvalue weighted by molar-refractivity contribution is 6.49. The second-order valence-corrected chi connectivity index (χ2v) is 6.12. The van der Waals surface area contributed by atoms with Crippen molar-refractivity contribution in [1.82, 2.24) is 4.98 Å². The Labute approximate surface area is 153 Å². The van der Waals surface area contributed by atoms with Crippen LogP contribution in [0.4, 0.5) is 5.69 Å². The van der Waals surface area contributed by atoms with Crippen LogP contribution >= 0.6 is 0 Å². The highest BCUT2D eigenvalue weighted by Crippen LogP contribution is 2.31. The molecular weight excluding hydrogens is 346 g/mol. The van der Waals surface area contributed by atoms with Crippen molar-refractivity contribution in [3.05, 3.63) is 65.5 Å². The molecule has 27 heavy (non-hydrogen) atoms. The molecule has 0 aliphatic heterocycles. The Morgan fingerprint density at radius 2 is 1.67 bits per heavy atom. The monoisotopic (exact) mass is 361 g/mol. The van der Waals surface area contributed by atoms with E-state index in [2.05, 4.69) is 10.3 Å². The second kappa shape index (κ2) is 6.14. The lowest BCUT2D eigenvalue weighted by Crippen LogP contribution is -2.25. The van der Waals surface area contributed by atoms with E-state index in [0.717, 1.165) is 5.52 Å². The van der Waals surface area contributed by atoms with Gasteiger partial charge in [0.25, 0.3) is 17.6 Å². The predicted molar refractivity (Wildman–Crippen MR) is 101 cm³/mol. The minimum absolute atomic E-state index is 0.0916. The quantitative estimate of drug-likeness (QED) is 0.382. The van der Waals surface area contributed by atoms with Crippen molar-refractivity contribution < 1.29 is 18.8 Å². The minimum atomic E-state index is -0.878. The van der Waals surface area contributed by atoms with Gasteiger partial charge in [-0.05, 0) is 25.1 Å². The smallest absolute Gasteiger partial charge is 0.296 e. The van der Waals surface area contributed by atoms with Gasteiger partial charge in [-0.3, -0.25) is 14.4 Å². The predicted octanol–water partition coefficient (Wildman–Crippen LogP) is 3.14. The number of primary amides is 1. The Balaban J connectivity index is 1.75. The summed E-state index contributed by atoms with van der Waals surface area (Å²) >= 11 is 0. The van der Waals surface area contributed by atoms with Gasteiger partial charge in [0, 0.05) is 22.0 Å². The van der Waals surface area contributed by atoms with Gasteiger partial charge < -0.3 is 20.5 Å². The average Bonchev–Trinajstić information content (AvgIpc) is 3.18. The number of amides is 2. The summed E-state index contributed by atoms with van der Waals surface area (Å²) in [5.74, 6) is -2.63. The third kappa shape index (κ3) is 2.65. The van der Waals surface area contributed by atoms with E-state index >= 15 is 0 Å². The number of hydrogen-bond acceptors (Lipinski definition) is 4. The lowest BCUT2D eigenvalue weighted by Gasteiger charge is -2.05. The maximum atomic E-state index is 12.8. The van der Waals surface area contributed by atoms with Crippen molar-refractivity contribution in [3.8, 4) is 0 Å². The molecule has 0 spiro atoms. The summed E-state index contributed by atoms with van der Waals surface area (Å²) in [4.78, 5) is 40.2. The normalized spacial score (nSPS) is 11.0. The van der Waals surface area contributed by atoms with E-state index in [9.17, 15) is 14.4 Å². The number of aryl methyl sites for hydroxylation is 1. The summed E-state index contributed by atoms with van der Waals surface area (Å²) in [6.07, 6.45) is 0. The first-order chi connectivity index (χ1) is 13.0. The number of anilines is 1. The molecule has 4 N–H and O–H groups in total. The molecule has 0 bridgehead atoms. The van der Waals surface area contributed by atoms with Crippen molar-refractivity contribution in [3.63, 3.8) is 0 Å². The third-order valence-electron chi connectivity index (χ3n) is 4.38. The minimum Gasteiger partial charge on any atom is -0.449 e. The molecule has 4 aromatic rings. The van der Waals surface area contributed by atoms with Gasteiger partial charge in [0.1, 0.15) is 11.3 Å². The molecule has 2 heterocycles. The van der Waals surface area contributed by atoms with E-state index < -0.39 is 17.6 Å². The van der Waals surface area contributed by atoms with Crippen LogP contribution in [-0.2, 0) is 4.79 Å². The van der Waals surface area contributed by atoms with Crippen LogP contribution < -0.4 is 11.1 Å². The molecule has 0 fully saturated rings. The van der Waals surface area contributed by atoms with Crippen LogP contribution in [0.5, 0.6) is 0 Å². The van der Waals surface area contributed by atoms with Crippen LogP contribution in [0.15, 0.2) is 52.9 Å². The van der Waals surface area contributed by atoms with E-state index in [1.165, 1.54) is 0 Å². The fourth-order valence-electron chi connectivity index (χ4n) is 3.20. The number of aromatic nitrogens is 1. The van der Waals surface area contributed by atoms with Gasteiger partial charge in [0.15, 0.2) is 0 Å². The van der Waals surface area contributed by atoms with Crippen molar-refractivity contribution in [2.24, 2.45) is 5.73 Å². The van der Waals surface area contributed by atoms with Gasteiger partial charge in [-0.15, -0.1) is 0 Å². The highest BCUT2D eigenvalue weighted by atomic mass is 16.3. The summed E-state index contributed by atoms with van der Waals surface area (Å²) in [6, 6.07) is 14.0. The van der Waals surface area contributed by atoms with Crippen molar-refractivity contribution in [1.29, 1.82) is 0 Å². The fourth-order valence-corrected chi connectivity index (χ4v) is 3.20. The van der Waals surface area contributed by atoms with E-state index in [4.69, 9.17) is 10.2 Å². The number of nitrogens with two attached hydrogens (primary N) is 1. The first-order valence-electron chi connectivity index (χ1n) is 8.21. The van der Waals surface area contributed by atoms with Gasteiger partial charge >= 0.3 is 0 Å². The number of benzene rings is 2. The first kappa shape index (κ1) is 16.6. The average molecular weight is 361 g/mol. The van der Waals surface area contributed by atoms with Gasteiger partial charge in [0.2, 0.25) is 5.76 Å². The molecule has 0 aliphatic rings. The van der Waals surface area contributed by atoms with Gasteiger partial charge in [-0.1, -0.05) is 30.3 Å². The molecule has 0 aliphatic carbocycles. The fraction of sp³-hybridized carbons (Fsp3) is 0.0500. The molecule has 134 valence electrons. The Morgan fingerprint density at radius 1 is 1.00 bits per heavy atom. The Kier molecular flexibility index (Phi) is 3.77. The molecular formula is C20H15N3O4. The van der Waals surface area contributed by atoms with Gasteiger partial charge in [-0.2, -0.15) is 0 Å². The van der Waals surface area contributed by atoms with Crippen LogP contribution in [-0.4, -0.2) is 22.6 Å². The molecule has 0 unspecified atom stereocenters. The summed E-state index contributed by atoms with van der Waals surface area (Å²) < 4.78 is 5.42. The number of fused-ring (bicyclic) bond motifs is 2. The SMILES string of the molecule is Cc1[nH]c2ccccc2c1C(=O)C(=O)Nc1c(C(N)=O)oc2ccccc12. The number of nitrogens with one attached hydrogen (secondary N) is 2. The van der Waals surface area contributed by atoms with Crippen LogP contribution in [0.1, 0.15) is 26.6 Å². The number of furan rings is 1. The summed E-state index contributed by atoms with van der Waals surface area (Å²) in [5, 5.41) is 3.64. The lowest BCUT2D eigenvalue weighted by molar-refractivity contribution is -0.112. The van der Waals surface area contributed by atoms with E-state index in [1.54, 1.807) is 43.3 Å². The summed E-state index contributed by atoms with van der Waals surface area (Å²) in [6.45, 7) is 1.72. The van der Waals surface area contributed by atoms with Gasteiger partial charge in [0.05, 0.1) is 5.56 Å². The Hall–Kier alpha value is -3.87. The number of hydrogen-bond donors (Lipinski definition) is 3. The molecule has 2 amide bonds. The van der Waals surface area contributed by atoms with Crippen LogP contribution in [0.25, 0.3) is 21.9 Å². The standard InChI is InChI=1S/C20H15N3O4/c1-10-15(11-6-2-4-8-13(11)22-10)17(24)20(26)23-16-12-7-3-5-9-14(12)27-18(16)19(21)25/h2-9,22H,1H3,(H2,21,25)(H,23,26). The molecule has 7 heteroatoms. The number of ketones is 1. The van der Waals surface area contributed by atoms with E-state index in [-0.39, 0.29) is 17.0 Å². The zero-order valence-electron chi connectivity index (χ0n) is 14.3. The number of para-hydroxylation sites is 2. The maximum Gasteiger partial charge on any atom is 0.296 e. The molecule has 7 nitrogen and oxygen atoms in total. The van der Waals surface area contributed by atoms with Crippen molar-refractivity contribution in [2.75, 3.05) is 5.32 Å². The topological polar surface area (TPSA) is 118 Å². The van der Waals surface area contributed by atoms with E-state index in [0.29, 0.717) is 22.0 Å². The molecule has 0 atom stereocenters. The molecule has 0 saturated carbocycles. The summed E-state index contributed by atoms with van der Waals surface area (Å²) in [7, 11) is 0. The van der Waals surface area contributed by atoms with Crippen molar-refractivity contribution in [2.45, 2.75) is 6.92 Å². The maximum absolute atomic E-state index is 12.8. The molecule has 0 saturated heterocycles. The second-order valence-electron chi connectivity index (χ2n) is 6.12. The van der Waals surface area contributed by atoms with Crippen LogP contribution in [0, 0.1) is 6.92 Å². The zero-order chi connectivity index (χ0) is 19.1. The molecule has 4 rings (SSSR count). The molecule has 2 aromatic heterocycles. The number of Topliss-reactive ketones (excluding diaryl/α,β-unsaturated/α-hetero) is 1. The van der Waals surface area contributed by atoms with E-state index in [1.807, 2.05) is 12.1 Å². The van der Waals surface area contributed by atoms with Crippen LogP contribution in [0.3, 0.4) is 0 Å². The highest BCUT2D eigenvalue weighted by Gasteiger charge is 2.26. The lowest BCUT2D eigenvalue weighted by atomic mass is 10.1. The largest absolute Gasteiger partial charge is 0.449 e. The Morgan fingerprint density at radius 3 is 2.41 bits per heavy atom.